The molecule has 2 saturated heterocycles. The van der Waals surface area contributed by atoms with Crippen LogP contribution in [0.1, 0.15) is 25.8 Å². The van der Waals surface area contributed by atoms with Crippen molar-refractivity contribution >= 4 is 23.6 Å². The Morgan fingerprint density at radius 2 is 2.10 bits per heavy atom. The lowest BCUT2D eigenvalue weighted by Gasteiger charge is -2.25. The molecule has 1 amide bonds. The van der Waals surface area contributed by atoms with Crippen LogP contribution in [0.2, 0.25) is 0 Å². The van der Waals surface area contributed by atoms with Crippen molar-refractivity contribution in [2.75, 3.05) is 6.54 Å². The molecule has 0 N–H and O–H groups in total. The topological polar surface area (TPSA) is 46.6 Å². The van der Waals surface area contributed by atoms with Crippen molar-refractivity contribution in [2.45, 2.75) is 49.0 Å². The van der Waals surface area contributed by atoms with Crippen molar-refractivity contribution in [1.82, 2.24) is 4.90 Å². The first-order valence-electron chi connectivity index (χ1n) is 7.28. The van der Waals surface area contributed by atoms with Gasteiger partial charge in [0.2, 0.25) is 5.91 Å². The number of benzene rings is 1. The monoisotopic (exact) mass is 305 g/mol. The van der Waals surface area contributed by atoms with E-state index in [1.54, 1.807) is 16.7 Å². The van der Waals surface area contributed by atoms with Gasteiger partial charge in [-0.25, -0.2) is 4.79 Å². The smallest absolute Gasteiger partial charge is 0.329 e. The summed E-state index contributed by atoms with van der Waals surface area (Å²) in [6.07, 6.45) is 0.925. The molecular formula is C16H19NO3S. The minimum absolute atomic E-state index is 0.0170. The first-order valence-corrected chi connectivity index (χ1v) is 8.16. The second kappa shape index (κ2) is 5.72. The molecule has 2 bridgehead atoms. The highest BCUT2D eigenvalue weighted by Crippen LogP contribution is 2.29. The zero-order valence-corrected chi connectivity index (χ0v) is 13.1. The van der Waals surface area contributed by atoms with Gasteiger partial charge >= 0.3 is 5.97 Å². The molecule has 2 fully saturated rings. The predicted octanol–water partition coefficient (Wildman–Crippen LogP) is 2.26. The van der Waals surface area contributed by atoms with E-state index in [-0.39, 0.29) is 24.0 Å². The quantitative estimate of drug-likeness (QED) is 0.632. The van der Waals surface area contributed by atoms with E-state index in [4.69, 9.17) is 4.74 Å². The minimum atomic E-state index is -0.349. The Morgan fingerprint density at radius 1 is 1.38 bits per heavy atom. The number of fused-ring (bicyclic) bond motifs is 2. The number of hydrogen-bond acceptors (Lipinski definition) is 4. The highest BCUT2D eigenvalue weighted by Gasteiger charge is 2.48. The van der Waals surface area contributed by atoms with E-state index < -0.39 is 0 Å². The lowest BCUT2D eigenvalue weighted by Crippen LogP contribution is -2.44. The number of morpholine rings is 1. The molecule has 5 heteroatoms. The zero-order valence-electron chi connectivity index (χ0n) is 12.2. The summed E-state index contributed by atoms with van der Waals surface area (Å²) >= 11 is 1.80. The number of esters is 1. The standard InChI is InChI=1S/C16H19NO3S/c1-10(2)21-13-5-3-11(4-6-13)7-15(18)17-9-12-8-14(17)16(19)20-12/h3-6,10,12,14H,7-9H2,1-2H3/t12-,14+/m1/s1. The molecule has 21 heavy (non-hydrogen) atoms. The second-order valence-electron chi connectivity index (χ2n) is 5.84. The van der Waals surface area contributed by atoms with Crippen molar-refractivity contribution in [3.8, 4) is 0 Å². The highest BCUT2D eigenvalue weighted by atomic mass is 32.2. The minimum Gasteiger partial charge on any atom is -0.459 e. The SMILES string of the molecule is CC(C)Sc1ccc(CC(=O)N2C[C@H]3C[C@H]2C(=O)O3)cc1. The lowest BCUT2D eigenvalue weighted by atomic mass is 10.1. The molecule has 0 radical (unpaired) electrons. The predicted molar refractivity (Wildman–Crippen MR) is 81.1 cm³/mol. The summed E-state index contributed by atoms with van der Waals surface area (Å²) in [5, 5.41) is 0.545. The highest BCUT2D eigenvalue weighted by molar-refractivity contribution is 7.99. The molecule has 2 aliphatic heterocycles. The molecule has 1 aromatic rings. The molecule has 3 rings (SSSR count). The molecule has 0 saturated carbocycles. The maximum Gasteiger partial charge on any atom is 0.329 e. The first kappa shape index (κ1) is 14.4. The summed E-state index contributed by atoms with van der Waals surface area (Å²) < 4.78 is 5.11. The largest absolute Gasteiger partial charge is 0.459 e. The van der Waals surface area contributed by atoms with Gasteiger partial charge < -0.3 is 9.64 Å². The Labute approximate surface area is 128 Å². The maximum atomic E-state index is 12.3. The summed E-state index contributed by atoms with van der Waals surface area (Å²) in [4.78, 5) is 26.7. The average molecular weight is 305 g/mol. The van der Waals surface area contributed by atoms with E-state index in [2.05, 4.69) is 26.0 Å². The molecule has 2 atom stereocenters. The van der Waals surface area contributed by atoms with Crippen molar-refractivity contribution in [3.63, 3.8) is 0 Å². The second-order valence-corrected chi connectivity index (χ2v) is 7.49. The van der Waals surface area contributed by atoms with E-state index in [0.717, 1.165) is 5.56 Å². The molecule has 0 unspecified atom stereocenters. The van der Waals surface area contributed by atoms with Crippen LogP contribution in [0.5, 0.6) is 0 Å². The molecule has 4 nitrogen and oxygen atoms in total. The van der Waals surface area contributed by atoms with Crippen LogP contribution in [-0.2, 0) is 20.7 Å². The van der Waals surface area contributed by atoms with Crippen LogP contribution < -0.4 is 0 Å². The molecular weight excluding hydrogens is 286 g/mol. The van der Waals surface area contributed by atoms with E-state index >= 15 is 0 Å². The van der Waals surface area contributed by atoms with Crippen LogP contribution in [-0.4, -0.2) is 40.7 Å². The van der Waals surface area contributed by atoms with E-state index in [0.29, 0.717) is 24.6 Å². The molecule has 112 valence electrons. The molecule has 0 spiro atoms. The van der Waals surface area contributed by atoms with Crippen molar-refractivity contribution in [3.05, 3.63) is 29.8 Å². The van der Waals surface area contributed by atoms with Gasteiger partial charge in [-0.2, -0.15) is 0 Å². The number of carbonyl (C=O) groups is 2. The van der Waals surface area contributed by atoms with Crippen molar-refractivity contribution < 1.29 is 14.3 Å². The molecule has 0 aliphatic carbocycles. The number of hydrogen-bond donors (Lipinski definition) is 0. The molecule has 2 aliphatic rings. The third-order valence-corrected chi connectivity index (χ3v) is 4.80. The number of carbonyl (C=O) groups excluding carboxylic acids is 2. The fourth-order valence-corrected chi connectivity index (χ4v) is 3.70. The fraction of sp³-hybridized carbons (Fsp3) is 0.500. The van der Waals surface area contributed by atoms with Crippen LogP contribution >= 0.6 is 11.8 Å². The summed E-state index contributed by atoms with van der Waals surface area (Å²) in [7, 11) is 0. The molecule has 2 heterocycles. The van der Waals surface area contributed by atoms with Gasteiger partial charge in [0, 0.05) is 16.6 Å². The van der Waals surface area contributed by atoms with Crippen LogP contribution in [0.3, 0.4) is 0 Å². The van der Waals surface area contributed by atoms with Gasteiger partial charge in [0.25, 0.3) is 0 Å². The number of amides is 1. The Balaban J connectivity index is 1.61. The van der Waals surface area contributed by atoms with Crippen LogP contribution in [0, 0.1) is 0 Å². The summed E-state index contributed by atoms with van der Waals surface area (Å²) in [6, 6.07) is 7.75. The summed E-state index contributed by atoms with van der Waals surface area (Å²) in [6.45, 7) is 4.86. The van der Waals surface area contributed by atoms with Crippen molar-refractivity contribution in [2.24, 2.45) is 0 Å². The van der Waals surface area contributed by atoms with Gasteiger partial charge in [-0.15, -0.1) is 11.8 Å². The van der Waals surface area contributed by atoms with Gasteiger partial charge in [0.15, 0.2) is 0 Å². The van der Waals surface area contributed by atoms with Gasteiger partial charge in [-0.1, -0.05) is 26.0 Å². The van der Waals surface area contributed by atoms with Gasteiger partial charge in [-0.3, -0.25) is 4.79 Å². The molecule has 0 aromatic heterocycles. The third-order valence-electron chi connectivity index (χ3n) is 3.79. The Hall–Kier alpha value is -1.49. The van der Waals surface area contributed by atoms with Crippen LogP contribution in [0.25, 0.3) is 0 Å². The van der Waals surface area contributed by atoms with Gasteiger partial charge in [-0.05, 0) is 17.7 Å². The Bertz CT molecular complexity index is 555. The maximum absolute atomic E-state index is 12.3. The first-order chi connectivity index (χ1) is 10.0. The van der Waals surface area contributed by atoms with Crippen LogP contribution in [0.4, 0.5) is 0 Å². The molecule has 1 aromatic carbocycles. The average Bonchev–Trinajstić information content (AvgIpc) is 2.99. The Morgan fingerprint density at radius 3 is 2.67 bits per heavy atom. The third kappa shape index (κ3) is 3.07. The van der Waals surface area contributed by atoms with E-state index in [1.165, 1.54) is 4.90 Å². The van der Waals surface area contributed by atoms with E-state index in [9.17, 15) is 9.59 Å². The number of likely N-dealkylation sites (tertiary alicyclic amines) is 1. The van der Waals surface area contributed by atoms with E-state index in [1.807, 2.05) is 12.1 Å². The van der Waals surface area contributed by atoms with Gasteiger partial charge in [0.05, 0.1) is 13.0 Å². The zero-order chi connectivity index (χ0) is 15.0. The Kier molecular flexibility index (Phi) is 3.93. The summed E-state index contributed by atoms with van der Waals surface area (Å²) in [5.41, 5.74) is 0.990. The number of rotatable bonds is 4. The van der Waals surface area contributed by atoms with Gasteiger partial charge in [0.1, 0.15) is 12.1 Å². The summed E-state index contributed by atoms with van der Waals surface area (Å²) in [5.74, 6) is -0.230. The fourth-order valence-electron chi connectivity index (χ4n) is 2.86. The normalized spacial score (nSPS) is 23.8. The number of ether oxygens (including phenoxy) is 1. The number of nitrogens with zero attached hydrogens (tertiary/aromatic N) is 1. The van der Waals surface area contributed by atoms with Crippen molar-refractivity contribution in [1.29, 1.82) is 0 Å². The lowest BCUT2D eigenvalue weighted by molar-refractivity contribution is -0.156. The van der Waals surface area contributed by atoms with Crippen LogP contribution in [0.15, 0.2) is 29.2 Å². The number of thioether (sulfide) groups is 1.